The van der Waals surface area contributed by atoms with Crippen LogP contribution in [0.25, 0.3) is 11.1 Å². The molecule has 0 heterocycles. The minimum absolute atomic E-state index is 0.204. The van der Waals surface area contributed by atoms with Crippen molar-refractivity contribution in [3.05, 3.63) is 54.7 Å². The van der Waals surface area contributed by atoms with E-state index in [1.807, 2.05) is 0 Å². The van der Waals surface area contributed by atoms with E-state index in [1.54, 1.807) is 6.07 Å². The zero-order valence-corrected chi connectivity index (χ0v) is 17.9. The van der Waals surface area contributed by atoms with Gasteiger partial charge in [0.05, 0.1) is 11.6 Å². The molecule has 0 N–H and O–H groups in total. The van der Waals surface area contributed by atoms with Crippen LogP contribution in [0.1, 0.15) is 11.1 Å². The fourth-order valence-corrected chi connectivity index (χ4v) is 4.75. The van der Waals surface area contributed by atoms with Crippen molar-refractivity contribution < 1.29 is 39.5 Å². The number of alkyl halides is 9. The topological polar surface area (TPSA) is 23.8 Å². The molecule has 1 nitrogen and oxygen atoms in total. The monoisotopic (exact) mass is 649 g/mol. The molecule has 0 aromatic heterocycles. The van der Waals surface area contributed by atoms with Gasteiger partial charge in [-0.15, -0.1) is 0 Å². The number of nitriles is 1. The van der Waals surface area contributed by atoms with Gasteiger partial charge in [0.2, 0.25) is 0 Å². The lowest BCUT2D eigenvalue weighted by atomic mass is 9.82. The van der Waals surface area contributed by atoms with Gasteiger partial charge in [-0.05, 0) is 63.4 Å². The van der Waals surface area contributed by atoms with E-state index in [9.17, 15) is 35.1 Å². The summed E-state index contributed by atoms with van der Waals surface area (Å²) in [4.78, 5) is 0. The van der Waals surface area contributed by atoms with Crippen LogP contribution in [0.15, 0.2) is 36.4 Å². The van der Waals surface area contributed by atoms with Crippen molar-refractivity contribution in [1.82, 2.24) is 0 Å². The Balaban J connectivity index is 3.08. The van der Waals surface area contributed by atoms with Gasteiger partial charge in [0, 0.05) is 23.8 Å². The molecule has 156 valence electrons. The van der Waals surface area contributed by atoms with Gasteiger partial charge in [-0.3, -0.25) is 0 Å². The van der Waals surface area contributed by atoms with Crippen LogP contribution in [0.5, 0.6) is 0 Å². The molecule has 0 aliphatic rings. The second kappa shape index (κ2) is 7.78. The molecule has 2 aromatic rings. The summed E-state index contributed by atoms with van der Waals surface area (Å²) in [5.41, 5.74) is -9.63. The number of hydrogen-bond donors (Lipinski definition) is 0. The third-order valence-corrected chi connectivity index (χ3v) is 5.40. The van der Waals surface area contributed by atoms with Crippen LogP contribution < -0.4 is 0 Å². The Morgan fingerprint density at radius 2 is 1.34 bits per heavy atom. The summed E-state index contributed by atoms with van der Waals surface area (Å²) < 4.78 is 122. The molecule has 0 saturated carbocycles. The first-order valence-corrected chi connectivity index (χ1v) is 9.44. The third kappa shape index (κ3) is 3.91. The molecule has 0 saturated heterocycles. The summed E-state index contributed by atoms with van der Waals surface area (Å²) in [6.45, 7) is 0. The summed E-state index contributed by atoms with van der Waals surface area (Å²) in [6.07, 6.45) is -13.5. The van der Waals surface area contributed by atoms with E-state index in [4.69, 9.17) is 5.26 Å². The SMILES string of the molecule is N#Cc1ccccc1-c1c(I)cc(I)cc1C(F)(C(F)(F)F)C(F)(F)C(F)(F)F. The number of rotatable bonds is 3. The predicted molar refractivity (Wildman–Crippen MR) is 102 cm³/mol. The molecule has 0 fully saturated rings. The standard InChI is InChI=1S/C17H6F9I2N/c18-14(16(21,22)23,15(19,20)17(24,25)26)11-5-9(27)6-12(28)13(11)10-4-2-1-3-8(10)7-29/h1-6H. The van der Waals surface area contributed by atoms with Crippen molar-refractivity contribution >= 4 is 45.2 Å². The second-order valence-corrected chi connectivity index (χ2v) is 8.10. The molecule has 0 aliphatic carbocycles. The van der Waals surface area contributed by atoms with Crippen molar-refractivity contribution in [2.45, 2.75) is 23.9 Å². The minimum atomic E-state index is -6.84. The molecule has 2 aromatic carbocycles. The second-order valence-electron chi connectivity index (χ2n) is 5.70. The molecule has 29 heavy (non-hydrogen) atoms. The molecule has 2 rings (SSSR count). The third-order valence-electron chi connectivity index (χ3n) is 3.92. The normalized spacial score (nSPS) is 15.0. The van der Waals surface area contributed by atoms with Gasteiger partial charge >= 0.3 is 23.9 Å². The van der Waals surface area contributed by atoms with Crippen molar-refractivity contribution in [3.63, 3.8) is 0 Å². The van der Waals surface area contributed by atoms with Crippen LogP contribution in [0.3, 0.4) is 0 Å². The van der Waals surface area contributed by atoms with Gasteiger partial charge in [-0.25, -0.2) is 4.39 Å². The Morgan fingerprint density at radius 1 is 0.793 bits per heavy atom. The van der Waals surface area contributed by atoms with E-state index < -0.39 is 40.6 Å². The predicted octanol–water partition coefficient (Wildman–Crippen LogP) is 7.36. The maximum Gasteiger partial charge on any atom is 0.457 e. The number of halogens is 11. The lowest BCUT2D eigenvalue weighted by Gasteiger charge is -2.37. The zero-order chi connectivity index (χ0) is 22.4. The number of benzene rings is 2. The first kappa shape index (κ1) is 24.0. The molecule has 0 radical (unpaired) electrons. The van der Waals surface area contributed by atoms with E-state index in [0.717, 1.165) is 18.2 Å². The zero-order valence-electron chi connectivity index (χ0n) is 13.6. The van der Waals surface area contributed by atoms with Crippen LogP contribution in [-0.4, -0.2) is 18.3 Å². The first-order valence-electron chi connectivity index (χ1n) is 7.28. The van der Waals surface area contributed by atoms with E-state index in [0.29, 0.717) is 0 Å². The molecule has 0 spiro atoms. The largest absolute Gasteiger partial charge is 0.457 e. The highest BCUT2D eigenvalue weighted by atomic mass is 127. The fraction of sp³-hybridized carbons (Fsp3) is 0.235. The summed E-state index contributed by atoms with van der Waals surface area (Å²) in [5, 5.41) is 9.17. The average molecular weight is 649 g/mol. The Kier molecular flexibility index (Phi) is 6.45. The smallest absolute Gasteiger partial charge is 0.221 e. The molecular formula is C17H6F9I2N. The van der Waals surface area contributed by atoms with Gasteiger partial charge in [0.1, 0.15) is 0 Å². The maximum atomic E-state index is 15.2. The molecule has 1 unspecified atom stereocenters. The van der Waals surface area contributed by atoms with E-state index in [-0.39, 0.29) is 18.8 Å². The number of hydrogen-bond acceptors (Lipinski definition) is 1. The Bertz CT molecular complexity index is 976. The van der Waals surface area contributed by atoms with E-state index in [2.05, 4.69) is 0 Å². The van der Waals surface area contributed by atoms with Crippen LogP contribution in [-0.2, 0) is 5.67 Å². The first-order chi connectivity index (χ1) is 13.1. The highest BCUT2D eigenvalue weighted by molar-refractivity contribution is 14.1. The number of nitrogens with zero attached hydrogens (tertiary/aromatic N) is 1. The van der Waals surface area contributed by atoms with Gasteiger partial charge in [-0.1, -0.05) is 18.2 Å². The quantitative estimate of drug-likeness (QED) is 0.252. The summed E-state index contributed by atoms with van der Waals surface area (Å²) in [7, 11) is 0. The van der Waals surface area contributed by atoms with Crippen molar-refractivity contribution in [3.8, 4) is 17.2 Å². The summed E-state index contributed by atoms with van der Waals surface area (Å²) in [5.74, 6) is -6.80. The highest BCUT2D eigenvalue weighted by Gasteiger charge is 2.82. The average Bonchev–Trinajstić information content (AvgIpc) is 2.58. The van der Waals surface area contributed by atoms with Crippen LogP contribution >= 0.6 is 45.2 Å². The summed E-state index contributed by atoms with van der Waals surface area (Å²) >= 11 is 2.76. The molecule has 12 heteroatoms. The lowest BCUT2D eigenvalue weighted by molar-refractivity contribution is -0.389. The minimum Gasteiger partial charge on any atom is -0.221 e. The summed E-state index contributed by atoms with van der Waals surface area (Å²) in [6, 6.07) is 7.72. The van der Waals surface area contributed by atoms with Gasteiger partial charge in [-0.2, -0.15) is 40.4 Å². The van der Waals surface area contributed by atoms with Gasteiger partial charge in [0.25, 0.3) is 0 Å². The fourth-order valence-electron chi connectivity index (χ4n) is 2.61. The Morgan fingerprint density at radius 3 is 1.83 bits per heavy atom. The molecular weight excluding hydrogens is 643 g/mol. The Labute approximate surface area is 185 Å². The van der Waals surface area contributed by atoms with Crippen LogP contribution in [0.2, 0.25) is 0 Å². The van der Waals surface area contributed by atoms with Gasteiger partial charge < -0.3 is 0 Å². The molecule has 1 atom stereocenters. The van der Waals surface area contributed by atoms with Crippen LogP contribution in [0.4, 0.5) is 39.5 Å². The van der Waals surface area contributed by atoms with Crippen molar-refractivity contribution in [2.24, 2.45) is 0 Å². The highest BCUT2D eigenvalue weighted by Crippen LogP contribution is 2.60. The Hall–Kier alpha value is -1.24. The lowest BCUT2D eigenvalue weighted by Crippen LogP contribution is -2.60. The maximum absolute atomic E-state index is 15.2. The molecule has 0 bridgehead atoms. The van der Waals surface area contributed by atoms with Gasteiger partial charge in [0.15, 0.2) is 0 Å². The van der Waals surface area contributed by atoms with Crippen molar-refractivity contribution in [2.75, 3.05) is 0 Å². The van der Waals surface area contributed by atoms with Crippen molar-refractivity contribution in [1.29, 1.82) is 5.26 Å². The van der Waals surface area contributed by atoms with E-state index >= 15 is 4.39 Å². The molecule has 0 aliphatic heterocycles. The molecule has 0 amide bonds. The van der Waals surface area contributed by atoms with Crippen LogP contribution in [0, 0.1) is 18.5 Å². The van der Waals surface area contributed by atoms with E-state index in [1.165, 1.54) is 57.3 Å².